The summed E-state index contributed by atoms with van der Waals surface area (Å²) in [5.41, 5.74) is 1.75. The van der Waals surface area contributed by atoms with E-state index in [0.717, 1.165) is 49.5 Å². The number of carbonyl (C=O) groups excluding carboxylic acids is 2. The second-order valence-corrected chi connectivity index (χ2v) is 11.4. The Morgan fingerprint density at radius 2 is 1.74 bits per heavy atom. The zero-order chi connectivity index (χ0) is 32.2. The summed E-state index contributed by atoms with van der Waals surface area (Å²) in [7, 11) is 0. The fraction of sp³-hybridized carbons (Fsp3) is 0.250. The third kappa shape index (κ3) is 6.62. The third-order valence-electron chi connectivity index (χ3n) is 8.34. The molecular weight excluding hydrogens is 598 g/mol. The first-order valence-electron chi connectivity index (χ1n) is 15.7. The van der Waals surface area contributed by atoms with E-state index in [1.807, 2.05) is 36.4 Å². The van der Waals surface area contributed by atoms with Crippen LogP contribution in [0.1, 0.15) is 39.3 Å². The molecule has 1 aliphatic carbocycles. The number of ether oxygens (including phenoxy) is 3. The zero-order valence-electron chi connectivity index (χ0n) is 25.7. The number of aromatic nitrogens is 3. The van der Waals surface area contributed by atoms with Gasteiger partial charge in [-0.05, 0) is 61.4 Å². The van der Waals surface area contributed by atoms with Gasteiger partial charge in [0.05, 0.1) is 24.9 Å². The van der Waals surface area contributed by atoms with Crippen molar-refractivity contribution in [1.82, 2.24) is 19.4 Å². The van der Waals surface area contributed by atoms with Crippen LogP contribution in [-0.2, 0) is 11.2 Å². The first-order valence-corrected chi connectivity index (χ1v) is 15.7. The minimum absolute atomic E-state index is 0.0826. The van der Waals surface area contributed by atoms with Crippen LogP contribution in [0.2, 0.25) is 0 Å². The molecule has 1 N–H and O–H groups in total. The zero-order valence-corrected chi connectivity index (χ0v) is 25.7. The number of morpholine rings is 1. The monoisotopic (exact) mass is 631 g/mol. The second kappa shape index (κ2) is 13.5. The van der Waals surface area contributed by atoms with Gasteiger partial charge in [0.15, 0.2) is 5.78 Å². The molecule has 7 rings (SSSR count). The second-order valence-electron chi connectivity index (χ2n) is 11.4. The maximum absolute atomic E-state index is 13.6. The fourth-order valence-corrected chi connectivity index (χ4v) is 5.93. The van der Waals surface area contributed by atoms with Gasteiger partial charge in [0.2, 0.25) is 0 Å². The number of pyridine rings is 3. The Labute approximate surface area is 270 Å². The van der Waals surface area contributed by atoms with E-state index in [4.69, 9.17) is 14.2 Å². The summed E-state index contributed by atoms with van der Waals surface area (Å²) in [4.78, 5) is 50.9. The normalized spacial score (nSPS) is 14.9. The van der Waals surface area contributed by atoms with E-state index in [1.165, 1.54) is 16.8 Å². The molecule has 0 unspecified atom stereocenters. The van der Waals surface area contributed by atoms with Crippen LogP contribution in [0, 0.1) is 0 Å². The Morgan fingerprint density at radius 1 is 0.915 bits per heavy atom. The van der Waals surface area contributed by atoms with Crippen LogP contribution < -0.4 is 20.3 Å². The molecule has 0 atom stereocenters. The summed E-state index contributed by atoms with van der Waals surface area (Å²) in [5.74, 6) is 1.28. The molecule has 2 aromatic carbocycles. The Bertz CT molecular complexity index is 1990. The number of carbonyl (C=O) groups is 2. The molecule has 5 aromatic rings. The average Bonchev–Trinajstić information content (AvgIpc) is 3.10. The van der Waals surface area contributed by atoms with E-state index < -0.39 is 11.5 Å². The van der Waals surface area contributed by atoms with Gasteiger partial charge in [0.25, 0.3) is 11.5 Å². The van der Waals surface area contributed by atoms with Crippen molar-refractivity contribution in [3.8, 4) is 22.9 Å². The van der Waals surface area contributed by atoms with Gasteiger partial charge in [-0.25, -0.2) is 4.98 Å². The largest absolute Gasteiger partial charge is 0.492 e. The number of fused-ring (bicyclic) bond motifs is 2. The standard InChI is InChI=1S/C36H33N5O6/c42-32-8-4-7-31-28(32)22-29(36(44)41(31)24-5-2-1-3-6-24)35(43)39-34-12-10-26(23-38-34)47-33-13-14-37-30-21-25(9-11-27(30)33)46-20-17-40-15-18-45-19-16-40/h1-3,5-6,9-14,21-23H,4,7-8,15-20H2,(H,38,39,43). The van der Waals surface area contributed by atoms with Crippen LogP contribution in [-0.4, -0.2) is 70.6 Å². The van der Waals surface area contributed by atoms with E-state index in [9.17, 15) is 14.4 Å². The van der Waals surface area contributed by atoms with Gasteiger partial charge in [0.1, 0.15) is 35.2 Å². The SMILES string of the molecule is O=C1CCCc2c1cc(C(=O)Nc1ccc(Oc3ccnc4cc(OCCN5CCOCC5)ccc34)cn1)c(=O)n2-c1ccccc1. The predicted octanol–water partition coefficient (Wildman–Crippen LogP) is 5.06. The van der Waals surface area contributed by atoms with Crippen molar-refractivity contribution in [1.29, 1.82) is 0 Å². The molecule has 1 amide bonds. The van der Waals surface area contributed by atoms with Crippen LogP contribution in [0.3, 0.4) is 0 Å². The summed E-state index contributed by atoms with van der Waals surface area (Å²) >= 11 is 0. The highest BCUT2D eigenvalue weighted by molar-refractivity contribution is 6.06. The highest BCUT2D eigenvalue weighted by atomic mass is 16.5. The Kier molecular flexibility index (Phi) is 8.72. The predicted molar refractivity (Wildman–Crippen MR) is 176 cm³/mol. The number of anilines is 1. The lowest BCUT2D eigenvalue weighted by molar-refractivity contribution is 0.0322. The number of nitrogens with zero attached hydrogens (tertiary/aromatic N) is 4. The van der Waals surface area contributed by atoms with Gasteiger partial charge in [0, 0.05) is 60.6 Å². The summed E-state index contributed by atoms with van der Waals surface area (Å²) in [6.45, 7) is 4.75. The van der Waals surface area contributed by atoms with Gasteiger partial charge in [-0.15, -0.1) is 0 Å². The van der Waals surface area contributed by atoms with Crippen LogP contribution >= 0.6 is 0 Å². The molecule has 1 saturated heterocycles. The summed E-state index contributed by atoms with van der Waals surface area (Å²) < 4.78 is 19.0. The maximum atomic E-state index is 13.6. The number of hydrogen-bond acceptors (Lipinski definition) is 9. The van der Waals surface area contributed by atoms with Gasteiger partial charge >= 0.3 is 0 Å². The molecule has 3 aromatic heterocycles. The molecule has 0 spiro atoms. The van der Waals surface area contributed by atoms with Gasteiger partial charge in [-0.2, -0.15) is 0 Å². The number of hydrogen-bond donors (Lipinski definition) is 1. The number of nitrogens with one attached hydrogen (secondary N) is 1. The molecule has 0 saturated carbocycles. The van der Waals surface area contributed by atoms with Gasteiger partial charge < -0.3 is 19.5 Å². The Morgan fingerprint density at radius 3 is 2.55 bits per heavy atom. The van der Waals surface area contributed by atoms with Crippen molar-refractivity contribution in [2.24, 2.45) is 0 Å². The Hall–Kier alpha value is -5.39. The van der Waals surface area contributed by atoms with Gasteiger partial charge in [-0.3, -0.25) is 28.8 Å². The number of Topliss-reactive ketones (excluding diaryl/α,β-unsaturated/α-hetero) is 1. The molecule has 11 nitrogen and oxygen atoms in total. The van der Waals surface area contributed by atoms with Crippen LogP contribution in [0.5, 0.6) is 17.2 Å². The van der Waals surface area contributed by atoms with E-state index in [-0.39, 0.29) is 17.2 Å². The van der Waals surface area contributed by atoms with E-state index in [0.29, 0.717) is 54.3 Å². The molecule has 4 heterocycles. The lowest BCUT2D eigenvalue weighted by Gasteiger charge is -2.26. The molecule has 1 fully saturated rings. The minimum Gasteiger partial charge on any atom is -0.492 e. The van der Waals surface area contributed by atoms with E-state index in [2.05, 4.69) is 20.2 Å². The van der Waals surface area contributed by atoms with E-state index in [1.54, 1.807) is 36.5 Å². The highest BCUT2D eigenvalue weighted by Crippen LogP contribution is 2.31. The number of benzene rings is 2. The van der Waals surface area contributed by atoms with E-state index >= 15 is 0 Å². The van der Waals surface area contributed by atoms with Crippen molar-refractivity contribution in [2.75, 3.05) is 44.8 Å². The average molecular weight is 632 g/mol. The number of para-hydroxylation sites is 1. The molecule has 11 heteroatoms. The molecule has 2 aliphatic rings. The molecule has 1 aliphatic heterocycles. The molecule has 238 valence electrons. The maximum Gasteiger partial charge on any atom is 0.268 e. The third-order valence-corrected chi connectivity index (χ3v) is 8.34. The van der Waals surface area contributed by atoms with Gasteiger partial charge in [-0.1, -0.05) is 18.2 Å². The van der Waals surface area contributed by atoms with Crippen LogP contribution in [0.15, 0.2) is 90.0 Å². The fourth-order valence-electron chi connectivity index (χ4n) is 5.93. The smallest absolute Gasteiger partial charge is 0.268 e. The molecule has 47 heavy (non-hydrogen) atoms. The summed E-state index contributed by atoms with van der Waals surface area (Å²) in [6, 6.07) is 21.2. The van der Waals surface area contributed by atoms with Crippen molar-refractivity contribution < 1.29 is 23.8 Å². The first-order chi connectivity index (χ1) is 23.0. The van der Waals surface area contributed by atoms with Crippen molar-refractivity contribution in [2.45, 2.75) is 19.3 Å². The van der Waals surface area contributed by atoms with Crippen molar-refractivity contribution >= 4 is 28.4 Å². The summed E-state index contributed by atoms with van der Waals surface area (Å²) in [6.07, 6.45) is 4.77. The van der Waals surface area contributed by atoms with Crippen molar-refractivity contribution in [3.05, 3.63) is 112 Å². The number of amides is 1. The lowest BCUT2D eigenvalue weighted by Crippen LogP contribution is -2.38. The topological polar surface area (TPSA) is 125 Å². The first kappa shape index (κ1) is 30.3. The molecule has 0 bridgehead atoms. The lowest BCUT2D eigenvalue weighted by atomic mass is 9.92. The molecular formula is C36H33N5O6. The molecule has 0 radical (unpaired) electrons. The highest BCUT2D eigenvalue weighted by Gasteiger charge is 2.26. The number of rotatable bonds is 9. The Balaban J connectivity index is 1.05. The van der Waals surface area contributed by atoms with Crippen LogP contribution in [0.25, 0.3) is 16.6 Å². The quantitative estimate of drug-likeness (QED) is 0.238. The number of ketones is 1. The van der Waals surface area contributed by atoms with Crippen LogP contribution in [0.4, 0.5) is 5.82 Å². The van der Waals surface area contributed by atoms with Crippen molar-refractivity contribution in [3.63, 3.8) is 0 Å². The summed E-state index contributed by atoms with van der Waals surface area (Å²) in [5, 5.41) is 3.51. The minimum atomic E-state index is -0.648.